The third-order valence-electron chi connectivity index (χ3n) is 7.22. The van der Waals surface area contributed by atoms with Crippen molar-refractivity contribution < 1.29 is 37.7 Å². The molecule has 1 aliphatic carbocycles. The van der Waals surface area contributed by atoms with Gasteiger partial charge in [0, 0.05) is 26.2 Å². The maximum atomic E-state index is 13.0. The molecule has 3 rings (SSSR count). The number of carbonyl (C=O) groups excluding carboxylic acids is 1. The van der Waals surface area contributed by atoms with Crippen LogP contribution in [0.2, 0.25) is 0 Å². The molecule has 1 aromatic carbocycles. The summed E-state index contributed by atoms with van der Waals surface area (Å²) in [7, 11) is 0. The Hall–Kier alpha value is -2.20. The minimum absolute atomic E-state index is 0.230. The van der Waals surface area contributed by atoms with E-state index in [4.69, 9.17) is 4.74 Å². The van der Waals surface area contributed by atoms with E-state index in [1.54, 1.807) is 4.90 Å². The van der Waals surface area contributed by atoms with Crippen LogP contribution in [0.15, 0.2) is 18.2 Å². The van der Waals surface area contributed by atoms with Crippen LogP contribution in [0.1, 0.15) is 58.4 Å². The number of aromatic hydroxyl groups is 1. The van der Waals surface area contributed by atoms with E-state index in [1.165, 1.54) is 6.07 Å². The summed E-state index contributed by atoms with van der Waals surface area (Å²) < 4.78 is 48.9. The number of hydrogen-bond acceptors (Lipinski definition) is 6. The lowest BCUT2D eigenvalue weighted by molar-refractivity contribution is -0.275. The predicted octanol–water partition coefficient (Wildman–Crippen LogP) is 4.31. The van der Waals surface area contributed by atoms with Gasteiger partial charge in [-0.3, -0.25) is 0 Å². The molecular formula is C24H35F3N2O5. The third-order valence-corrected chi connectivity index (χ3v) is 7.22. The van der Waals surface area contributed by atoms with Crippen LogP contribution in [0.3, 0.4) is 0 Å². The second kappa shape index (κ2) is 9.81. The molecule has 0 radical (unpaired) electrons. The van der Waals surface area contributed by atoms with Gasteiger partial charge in [-0.25, -0.2) is 4.79 Å². The molecule has 0 bridgehead atoms. The number of nitrogens with zero attached hydrogens (tertiary/aromatic N) is 1. The molecule has 10 heteroatoms. The number of phenolic OH excluding ortho intramolecular Hbond substituents is 1. The highest BCUT2D eigenvalue weighted by Gasteiger charge is 2.59. The standard InChI is InChI=1S/C24H35F3N2O5/c1-21(2,3)23(22(32)9-5-4-6-10-22,16-33-20(31)29-13-11-28-12-14-29)17-7-8-18(30)19(15-17)34-24(25,26)27/h7-8,15,28,30,32H,4-6,9-14,16H2,1-3H3. The van der Waals surface area contributed by atoms with E-state index in [1.807, 2.05) is 20.8 Å². The van der Waals surface area contributed by atoms with Gasteiger partial charge in [-0.2, -0.15) is 0 Å². The molecule has 1 saturated heterocycles. The summed E-state index contributed by atoms with van der Waals surface area (Å²) in [6.45, 7) is 7.62. The molecular weight excluding hydrogens is 453 g/mol. The zero-order valence-electron chi connectivity index (χ0n) is 20.0. The van der Waals surface area contributed by atoms with Crippen molar-refractivity contribution in [1.82, 2.24) is 10.2 Å². The van der Waals surface area contributed by atoms with Crippen molar-refractivity contribution in [2.75, 3.05) is 32.8 Å². The third kappa shape index (κ3) is 5.38. The monoisotopic (exact) mass is 488 g/mol. The van der Waals surface area contributed by atoms with Crippen LogP contribution in [0, 0.1) is 5.41 Å². The number of halogens is 3. The Balaban J connectivity index is 2.08. The number of aliphatic hydroxyl groups is 1. The van der Waals surface area contributed by atoms with Crippen molar-refractivity contribution in [1.29, 1.82) is 0 Å². The summed E-state index contributed by atoms with van der Waals surface area (Å²) >= 11 is 0. The zero-order chi connectivity index (χ0) is 25.2. The Morgan fingerprint density at radius 2 is 1.74 bits per heavy atom. The first-order valence-corrected chi connectivity index (χ1v) is 11.7. The molecule has 1 atom stereocenters. The Kier molecular flexibility index (Phi) is 7.62. The molecule has 2 fully saturated rings. The van der Waals surface area contributed by atoms with Gasteiger partial charge in [0.1, 0.15) is 6.61 Å². The zero-order valence-corrected chi connectivity index (χ0v) is 20.0. The van der Waals surface area contributed by atoms with E-state index in [2.05, 4.69) is 10.1 Å². The van der Waals surface area contributed by atoms with Gasteiger partial charge in [-0.1, -0.05) is 46.1 Å². The van der Waals surface area contributed by atoms with Gasteiger partial charge in [0.25, 0.3) is 0 Å². The lowest BCUT2D eigenvalue weighted by atomic mass is 9.51. The van der Waals surface area contributed by atoms with Gasteiger partial charge in [-0.15, -0.1) is 13.2 Å². The molecule has 0 aromatic heterocycles. The van der Waals surface area contributed by atoms with Crippen LogP contribution in [0.4, 0.5) is 18.0 Å². The van der Waals surface area contributed by atoms with E-state index < -0.39 is 40.4 Å². The van der Waals surface area contributed by atoms with Crippen LogP contribution < -0.4 is 10.1 Å². The van der Waals surface area contributed by atoms with Crippen LogP contribution in [-0.2, 0) is 10.2 Å². The predicted molar refractivity (Wildman–Crippen MR) is 120 cm³/mol. The number of ether oxygens (including phenoxy) is 2. The van der Waals surface area contributed by atoms with Gasteiger partial charge >= 0.3 is 12.5 Å². The highest BCUT2D eigenvalue weighted by molar-refractivity contribution is 5.68. The highest BCUT2D eigenvalue weighted by Crippen LogP contribution is 2.55. The summed E-state index contributed by atoms with van der Waals surface area (Å²) in [6, 6.07) is 3.72. The van der Waals surface area contributed by atoms with E-state index in [0.29, 0.717) is 44.6 Å². The van der Waals surface area contributed by atoms with Gasteiger partial charge in [0.15, 0.2) is 11.5 Å². The van der Waals surface area contributed by atoms with Crippen molar-refractivity contribution in [3.8, 4) is 11.5 Å². The number of benzene rings is 1. The van der Waals surface area contributed by atoms with Crippen molar-refractivity contribution in [2.24, 2.45) is 5.41 Å². The largest absolute Gasteiger partial charge is 0.573 e. The molecule has 1 amide bonds. The maximum absolute atomic E-state index is 13.0. The first-order chi connectivity index (χ1) is 15.8. The summed E-state index contributed by atoms with van der Waals surface area (Å²) in [5.74, 6) is -1.43. The lowest BCUT2D eigenvalue weighted by Gasteiger charge is -2.56. The fourth-order valence-corrected chi connectivity index (χ4v) is 5.49. The molecule has 0 spiro atoms. The second-order valence-electron chi connectivity index (χ2n) is 10.3. The van der Waals surface area contributed by atoms with E-state index in [0.717, 1.165) is 31.4 Å². The first kappa shape index (κ1) is 26.4. The van der Waals surface area contributed by atoms with Crippen molar-refractivity contribution in [2.45, 2.75) is 70.3 Å². The first-order valence-electron chi connectivity index (χ1n) is 11.7. The normalized spacial score (nSPS) is 21.0. The average Bonchev–Trinajstić information content (AvgIpc) is 2.75. The molecule has 1 saturated carbocycles. The van der Waals surface area contributed by atoms with E-state index >= 15 is 0 Å². The number of piperazine rings is 1. The molecule has 1 heterocycles. The molecule has 1 aromatic rings. The Bertz CT molecular complexity index is 859. The number of rotatable bonds is 5. The van der Waals surface area contributed by atoms with Crippen molar-refractivity contribution in [3.05, 3.63) is 23.8 Å². The van der Waals surface area contributed by atoms with Gasteiger partial charge in [0.2, 0.25) is 0 Å². The number of amides is 1. The highest BCUT2D eigenvalue weighted by atomic mass is 19.4. The van der Waals surface area contributed by atoms with Gasteiger partial charge in [-0.05, 0) is 36.0 Å². The smallest absolute Gasteiger partial charge is 0.504 e. The van der Waals surface area contributed by atoms with E-state index in [-0.39, 0.29) is 6.61 Å². The average molecular weight is 489 g/mol. The molecule has 1 aliphatic heterocycles. The minimum Gasteiger partial charge on any atom is -0.504 e. The van der Waals surface area contributed by atoms with E-state index in [9.17, 15) is 28.2 Å². The number of carbonyl (C=O) groups is 1. The van der Waals surface area contributed by atoms with Gasteiger partial charge < -0.3 is 29.9 Å². The summed E-state index contributed by atoms with van der Waals surface area (Å²) in [5, 5.41) is 25.3. The molecule has 2 aliphatic rings. The number of nitrogens with one attached hydrogen (secondary N) is 1. The summed E-state index contributed by atoms with van der Waals surface area (Å²) in [6.07, 6.45) is -2.30. The number of hydrogen-bond donors (Lipinski definition) is 3. The molecule has 34 heavy (non-hydrogen) atoms. The summed E-state index contributed by atoms with van der Waals surface area (Å²) in [4.78, 5) is 14.5. The fourth-order valence-electron chi connectivity index (χ4n) is 5.49. The molecule has 192 valence electrons. The maximum Gasteiger partial charge on any atom is 0.573 e. The van der Waals surface area contributed by atoms with Crippen LogP contribution >= 0.6 is 0 Å². The topological polar surface area (TPSA) is 91.3 Å². The van der Waals surface area contributed by atoms with Crippen LogP contribution in [0.25, 0.3) is 0 Å². The fraction of sp³-hybridized carbons (Fsp3) is 0.708. The summed E-state index contributed by atoms with van der Waals surface area (Å²) in [5.41, 5.74) is -3.04. The minimum atomic E-state index is -5.00. The number of phenols is 1. The number of alkyl halides is 3. The molecule has 1 unspecified atom stereocenters. The SMILES string of the molecule is CC(C)(C)C(COC(=O)N1CCNCC1)(c1ccc(O)c(OC(F)(F)F)c1)C1(O)CCCCC1. The van der Waals surface area contributed by atoms with Crippen molar-refractivity contribution in [3.63, 3.8) is 0 Å². The van der Waals surface area contributed by atoms with Crippen LogP contribution in [0.5, 0.6) is 11.5 Å². The lowest BCUT2D eigenvalue weighted by Crippen LogP contribution is -2.62. The second-order valence-corrected chi connectivity index (χ2v) is 10.3. The molecule has 7 nitrogen and oxygen atoms in total. The van der Waals surface area contributed by atoms with Crippen molar-refractivity contribution >= 4 is 6.09 Å². The Labute approximate surface area is 198 Å². The molecule has 3 N–H and O–H groups in total. The quantitative estimate of drug-likeness (QED) is 0.572. The Morgan fingerprint density at radius 1 is 1.12 bits per heavy atom. The van der Waals surface area contributed by atoms with Crippen LogP contribution in [-0.4, -0.2) is 66.0 Å². The Morgan fingerprint density at radius 3 is 2.29 bits per heavy atom. The van der Waals surface area contributed by atoms with Gasteiger partial charge in [0.05, 0.1) is 11.0 Å².